The Kier molecular flexibility index (Phi) is 4.35. The molecule has 0 aliphatic rings. The lowest BCUT2D eigenvalue weighted by Gasteiger charge is -2.06. The molecule has 0 amide bonds. The Morgan fingerprint density at radius 1 is 1.42 bits per heavy atom. The van der Waals surface area contributed by atoms with Gasteiger partial charge in [0.2, 0.25) is 0 Å². The summed E-state index contributed by atoms with van der Waals surface area (Å²) >= 11 is 0. The van der Waals surface area contributed by atoms with E-state index < -0.39 is 10.0 Å². The van der Waals surface area contributed by atoms with Crippen LogP contribution in [-0.4, -0.2) is 25.2 Å². The molecule has 2 heterocycles. The SMILES string of the molecule is CCNCc1cn[nH]c1S(=O)(=O)NCc1ccco1. The Labute approximate surface area is 111 Å². The van der Waals surface area contributed by atoms with Gasteiger partial charge in [0.15, 0.2) is 5.03 Å². The predicted molar refractivity (Wildman–Crippen MR) is 68.7 cm³/mol. The molecule has 0 aliphatic heterocycles. The molecule has 19 heavy (non-hydrogen) atoms. The molecule has 3 N–H and O–H groups in total. The Bertz CT molecular complexity index is 604. The Hall–Kier alpha value is -1.64. The van der Waals surface area contributed by atoms with Crippen LogP contribution >= 0.6 is 0 Å². The van der Waals surface area contributed by atoms with Crippen LogP contribution in [0.3, 0.4) is 0 Å². The van der Waals surface area contributed by atoms with Crippen molar-refractivity contribution in [3.05, 3.63) is 35.9 Å². The number of hydrogen-bond donors (Lipinski definition) is 3. The van der Waals surface area contributed by atoms with Gasteiger partial charge in [-0.1, -0.05) is 6.92 Å². The van der Waals surface area contributed by atoms with Crippen molar-refractivity contribution in [2.75, 3.05) is 6.54 Å². The minimum absolute atomic E-state index is 0.0833. The van der Waals surface area contributed by atoms with Gasteiger partial charge in [0.05, 0.1) is 19.0 Å². The van der Waals surface area contributed by atoms with Crippen LogP contribution in [0.1, 0.15) is 18.2 Å². The van der Waals surface area contributed by atoms with Crippen LogP contribution < -0.4 is 10.0 Å². The molecular formula is C11H16N4O3S. The summed E-state index contributed by atoms with van der Waals surface area (Å²) in [5, 5.41) is 9.44. The number of hydrogen-bond acceptors (Lipinski definition) is 5. The van der Waals surface area contributed by atoms with Gasteiger partial charge in [-0.3, -0.25) is 5.10 Å². The van der Waals surface area contributed by atoms with Crippen LogP contribution in [0.4, 0.5) is 0 Å². The highest BCUT2D eigenvalue weighted by Gasteiger charge is 2.20. The van der Waals surface area contributed by atoms with Crippen molar-refractivity contribution in [2.45, 2.75) is 25.0 Å². The highest BCUT2D eigenvalue weighted by molar-refractivity contribution is 7.89. The molecule has 2 aromatic rings. The maximum Gasteiger partial charge on any atom is 0.258 e. The molecule has 2 aromatic heterocycles. The molecule has 0 bridgehead atoms. The first kappa shape index (κ1) is 13.8. The molecule has 0 radical (unpaired) electrons. The van der Waals surface area contributed by atoms with E-state index in [1.165, 1.54) is 12.5 Å². The van der Waals surface area contributed by atoms with Gasteiger partial charge in [0.1, 0.15) is 5.76 Å². The summed E-state index contributed by atoms with van der Waals surface area (Å²) in [6.07, 6.45) is 3.00. The fraction of sp³-hybridized carbons (Fsp3) is 0.364. The Morgan fingerprint density at radius 3 is 2.95 bits per heavy atom. The molecule has 8 heteroatoms. The van der Waals surface area contributed by atoms with Gasteiger partial charge in [-0.25, -0.2) is 13.1 Å². The third kappa shape index (κ3) is 3.43. The van der Waals surface area contributed by atoms with Crippen LogP contribution in [0.5, 0.6) is 0 Å². The number of nitrogens with one attached hydrogen (secondary N) is 3. The van der Waals surface area contributed by atoms with Crippen molar-refractivity contribution in [1.82, 2.24) is 20.2 Å². The smallest absolute Gasteiger partial charge is 0.258 e. The van der Waals surface area contributed by atoms with E-state index in [2.05, 4.69) is 20.2 Å². The van der Waals surface area contributed by atoms with E-state index in [4.69, 9.17) is 4.42 Å². The van der Waals surface area contributed by atoms with Crippen molar-refractivity contribution >= 4 is 10.0 Å². The van der Waals surface area contributed by atoms with Crippen LogP contribution in [0, 0.1) is 0 Å². The normalized spacial score (nSPS) is 11.8. The summed E-state index contributed by atoms with van der Waals surface area (Å²) in [6.45, 7) is 3.26. The van der Waals surface area contributed by atoms with Crippen LogP contribution in [0.25, 0.3) is 0 Å². The first-order valence-electron chi connectivity index (χ1n) is 5.88. The number of sulfonamides is 1. The summed E-state index contributed by atoms with van der Waals surface area (Å²) in [7, 11) is -3.62. The minimum Gasteiger partial charge on any atom is -0.468 e. The number of H-pyrrole nitrogens is 1. The van der Waals surface area contributed by atoms with Crippen molar-refractivity contribution in [3.63, 3.8) is 0 Å². The number of rotatable bonds is 7. The Balaban J connectivity index is 2.08. The maximum atomic E-state index is 12.1. The second kappa shape index (κ2) is 6.00. The van der Waals surface area contributed by atoms with E-state index in [9.17, 15) is 8.42 Å². The fourth-order valence-corrected chi connectivity index (χ4v) is 2.69. The summed E-state index contributed by atoms with van der Waals surface area (Å²) in [5.41, 5.74) is 0.605. The second-order valence-corrected chi connectivity index (χ2v) is 5.61. The average molecular weight is 284 g/mol. The molecule has 104 valence electrons. The van der Waals surface area contributed by atoms with Gasteiger partial charge in [-0.15, -0.1) is 0 Å². The topological polar surface area (TPSA) is 100 Å². The van der Waals surface area contributed by atoms with E-state index in [0.29, 0.717) is 17.9 Å². The number of aromatic amines is 1. The Morgan fingerprint density at radius 2 is 2.26 bits per heavy atom. The van der Waals surface area contributed by atoms with Crippen molar-refractivity contribution in [3.8, 4) is 0 Å². The summed E-state index contributed by atoms with van der Waals surface area (Å²) in [4.78, 5) is 0. The molecule has 0 aliphatic carbocycles. The summed E-state index contributed by atoms with van der Waals surface area (Å²) in [6, 6.07) is 3.41. The molecule has 0 atom stereocenters. The first-order valence-corrected chi connectivity index (χ1v) is 7.37. The highest BCUT2D eigenvalue weighted by Crippen LogP contribution is 2.12. The molecule has 0 saturated heterocycles. The van der Waals surface area contributed by atoms with Crippen molar-refractivity contribution < 1.29 is 12.8 Å². The van der Waals surface area contributed by atoms with Crippen LogP contribution in [0.2, 0.25) is 0 Å². The zero-order valence-electron chi connectivity index (χ0n) is 10.5. The van der Waals surface area contributed by atoms with Gasteiger partial charge in [0, 0.05) is 12.1 Å². The summed E-state index contributed by atoms with van der Waals surface area (Å²) < 4.78 is 31.8. The standard InChI is InChI=1S/C11H16N4O3S/c1-2-12-6-9-7-13-15-11(9)19(16,17)14-8-10-4-3-5-18-10/h3-5,7,12,14H,2,6,8H2,1H3,(H,13,15). The van der Waals surface area contributed by atoms with Crippen LogP contribution in [0.15, 0.2) is 34.0 Å². The van der Waals surface area contributed by atoms with E-state index in [0.717, 1.165) is 6.54 Å². The van der Waals surface area contributed by atoms with E-state index in [1.54, 1.807) is 12.1 Å². The number of furan rings is 1. The maximum absolute atomic E-state index is 12.1. The van der Waals surface area contributed by atoms with Gasteiger partial charge in [0.25, 0.3) is 10.0 Å². The molecule has 2 rings (SSSR count). The van der Waals surface area contributed by atoms with Gasteiger partial charge < -0.3 is 9.73 Å². The minimum atomic E-state index is -3.62. The van der Waals surface area contributed by atoms with Crippen molar-refractivity contribution in [2.24, 2.45) is 0 Å². The summed E-state index contributed by atoms with van der Waals surface area (Å²) in [5.74, 6) is 0.552. The molecule has 0 aromatic carbocycles. The first-order chi connectivity index (χ1) is 9.13. The zero-order chi connectivity index (χ0) is 13.7. The zero-order valence-corrected chi connectivity index (χ0v) is 11.3. The molecule has 0 fully saturated rings. The molecule has 0 saturated carbocycles. The quantitative estimate of drug-likeness (QED) is 0.691. The predicted octanol–water partition coefficient (Wildman–Crippen LogP) is 0.591. The molecular weight excluding hydrogens is 268 g/mol. The number of aromatic nitrogens is 2. The molecule has 0 unspecified atom stereocenters. The van der Waals surface area contributed by atoms with E-state index >= 15 is 0 Å². The number of nitrogens with zero attached hydrogens (tertiary/aromatic N) is 1. The average Bonchev–Trinajstić information content (AvgIpc) is 3.05. The lowest BCUT2D eigenvalue weighted by molar-refractivity contribution is 0.498. The van der Waals surface area contributed by atoms with Crippen molar-refractivity contribution in [1.29, 1.82) is 0 Å². The van der Waals surface area contributed by atoms with Gasteiger partial charge in [-0.2, -0.15) is 5.10 Å². The second-order valence-electron chi connectivity index (χ2n) is 3.91. The third-order valence-electron chi connectivity index (χ3n) is 2.53. The third-order valence-corrected chi connectivity index (χ3v) is 3.94. The fourth-order valence-electron chi connectivity index (χ4n) is 1.57. The van der Waals surface area contributed by atoms with Gasteiger partial charge >= 0.3 is 0 Å². The molecule has 0 spiro atoms. The lowest BCUT2D eigenvalue weighted by atomic mass is 10.3. The van der Waals surface area contributed by atoms with Crippen LogP contribution in [-0.2, 0) is 23.1 Å². The molecule has 7 nitrogen and oxygen atoms in total. The van der Waals surface area contributed by atoms with E-state index in [-0.39, 0.29) is 11.6 Å². The monoisotopic (exact) mass is 284 g/mol. The highest BCUT2D eigenvalue weighted by atomic mass is 32.2. The van der Waals surface area contributed by atoms with E-state index in [1.807, 2.05) is 6.92 Å². The lowest BCUT2D eigenvalue weighted by Crippen LogP contribution is -2.25. The largest absolute Gasteiger partial charge is 0.468 e. The van der Waals surface area contributed by atoms with Gasteiger partial charge in [-0.05, 0) is 18.7 Å².